The molecule has 1 aromatic rings. The van der Waals surface area contributed by atoms with Crippen LogP contribution in [0.15, 0.2) is 30.3 Å². The molecule has 1 aliphatic carbocycles. The first-order valence-electron chi connectivity index (χ1n) is 10.1. The van der Waals surface area contributed by atoms with Gasteiger partial charge < -0.3 is 4.90 Å². The normalized spacial score (nSPS) is 30.6. The fourth-order valence-corrected chi connectivity index (χ4v) is 5.79. The van der Waals surface area contributed by atoms with Crippen LogP contribution in [0.1, 0.15) is 18.4 Å². The number of carbonyl (C=O) groups excluding carboxylic acids is 3. The summed E-state index contributed by atoms with van der Waals surface area (Å²) in [5.41, 5.74) is 1.26. The van der Waals surface area contributed by atoms with Gasteiger partial charge in [-0.05, 0) is 18.4 Å². The fourth-order valence-electron chi connectivity index (χ4n) is 4.55. The molecule has 3 fully saturated rings. The van der Waals surface area contributed by atoms with Crippen LogP contribution in [0.5, 0.6) is 0 Å². The second-order valence-corrected chi connectivity index (χ2v) is 10.5. The van der Waals surface area contributed by atoms with Gasteiger partial charge in [-0.1, -0.05) is 62.2 Å². The van der Waals surface area contributed by atoms with E-state index in [2.05, 4.69) is 48.9 Å². The van der Waals surface area contributed by atoms with E-state index < -0.39 is 0 Å². The number of likely N-dealkylation sites (tertiary alicyclic amines) is 1. The summed E-state index contributed by atoms with van der Waals surface area (Å²) in [5, 5.41) is 0. The van der Waals surface area contributed by atoms with Crippen LogP contribution in [0, 0.1) is 11.8 Å². The van der Waals surface area contributed by atoms with Gasteiger partial charge in [0.25, 0.3) is 0 Å². The number of amides is 3. The molecule has 2 saturated heterocycles. The minimum absolute atomic E-state index is 0.122. The molecule has 0 N–H and O–H groups in total. The highest BCUT2D eigenvalue weighted by molar-refractivity contribution is 9.12. The first kappa shape index (κ1) is 21.0. The Balaban J connectivity index is 1.31. The van der Waals surface area contributed by atoms with Crippen LogP contribution < -0.4 is 0 Å². The minimum Gasteiger partial charge on any atom is -0.339 e. The zero-order valence-corrected chi connectivity index (χ0v) is 19.3. The molecule has 0 spiro atoms. The quantitative estimate of drug-likeness (QED) is 0.446. The van der Waals surface area contributed by atoms with E-state index in [1.807, 2.05) is 18.2 Å². The van der Waals surface area contributed by atoms with Crippen molar-refractivity contribution < 1.29 is 14.4 Å². The monoisotopic (exact) mass is 525 g/mol. The molecule has 0 radical (unpaired) electrons. The Morgan fingerprint density at radius 3 is 2.00 bits per heavy atom. The zero-order chi connectivity index (χ0) is 20.5. The van der Waals surface area contributed by atoms with E-state index >= 15 is 0 Å². The fraction of sp³-hybridized carbons (Fsp3) is 0.571. The van der Waals surface area contributed by atoms with E-state index in [-0.39, 0.29) is 45.8 Å². The van der Waals surface area contributed by atoms with E-state index in [1.54, 1.807) is 4.90 Å². The topological polar surface area (TPSA) is 60.9 Å². The van der Waals surface area contributed by atoms with Crippen LogP contribution in [0.2, 0.25) is 0 Å². The van der Waals surface area contributed by atoms with Gasteiger partial charge in [-0.25, -0.2) is 0 Å². The molecule has 0 aromatic heterocycles. The third-order valence-electron chi connectivity index (χ3n) is 6.27. The second kappa shape index (κ2) is 8.86. The molecule has 4 atom stereocenters. The number of hydrogen-bond acceptors (Lipinski definition) is 4. The highest BCUT2D eigenvalue weighted by atomic mass is 79.9. The van der Waals surface area contributed by atoms with Gasteiger partial charge in [0.05, 0.1) is 11.8 Å². The lowest BCUT2D eigenvalue weighted by Crippen LogP contribution is -2.51. The number of benzene rings is 1. The first-order chi connectivity index (χ1) is 13.9. The maximum atomic E-state index is 12.8. The maximum absolute atomic E-state index is 12.8. The van der Waals surface area contributed by atoms with Gasteiger partial charge in [0.1, 0.15) is 6.54 Å². The Morgan fingerprint density at radius 1 is 0.897 bits per heavy atom. The van der Waals surface area contributed by atoms with Crippen molar-refractivity contribution in [3.63, 3.8) is 0 Å². The molecule has 2 aliphatic heterocycles. The molecule has 3 amide bonds. The Morgan fingerprint density at radius 2 is 1.45 bits per heavy atom. The molecule has 156 valence electrons. The van der Waals surface area contributed by atoms with Crippen molar-refractivity contribution >= 4 is 49.6 Å². The number of nitrogens with zero attached hydrogens (tertiary/aromatic N) is 3. The second-order valence-electron chi connectivity index (χ2n) is 8.12. The highest BCUT2D eigenvalue weighted by Crippen LogP contribution is 2.43. The smallest absolute Gasteiger partial charge is 0.242 e. The van der Waals surface area contributed by atoms with E-state index in [0.29, 0.717) is 25.9 Å². The number of rotatable bonds is 4. The summed E-state index contributed by atoms with van der Waals surface area (Å²) in [5.74, 6) is -1.08. The Bertz CT molecular complexity index is 755. The van der Waals surface area contributed by atoms with Gasteiger partial charge in [0.2, 0.25) is 17.7 Å². The number of carbonyl (C=O) groups is 3. The van der Waals surface area contributed by atoms with Gasteiger partial charge in [0.15, 0.2) is 0 Å². The van der Waals surface area contributed by atoms with Crippen molar-refractivity contribution in [1.82, 2.24) is 14.7 Å². The average Bonchev–Trinajstić information content (AvgIpc) is 2.94. The number of alkyl halides is 2. The summed E-state index contributed by atoms with van der Waals surface area (Å²) in [4.78, 5) is 44.0. The highest BCUT2D eigenvalue weighted by Gasteiger charge is 2.52. The number of hydrogen-bond donors (Lipinski definition) is 0. The first-order valence-corrected chi connectivity index (χ1v) is 11.9. The minimum atomic E-state index is -0.295. The van der Waals surface area contributed by atoms with Crippen molar-refractivity contribution in [2.24, 2.45) is 11.8 Å². The molecule has 3 aliphatic rings. The van der Waals surface area contributed by atoms with Crippen LogP contribution in [-0.2, 0) is 20.9 Å². The molecule has 8 heteroatoms. The number of piperazine rings is 1. The molecular formula is C21H25Br2N3O3. The Labute approximate surface area is 187 Å². The molecule has 2 heterocycles. The summed E-state index contributed by atoms with van der Waals surface area (Å²) in [7, 11) is 0. The lowest BCUT2D eigenvalue weighted by atomic mass is 9.81. The standard InChI is InChI=1S/C21H25Br2N3O3/c22-17-10-15-16(11-18(17)23)21(29)26(20(15)28)13-19(27)25-8-6-24(7-9-25)12-14-4-2-1-3-5-14/h1-5,15-18H,6-13H2/t15-,16-,17+,18+/m1/s1. The van der Waals surface area contributed by atoms with Gasteiger partial charge in [-0.3, -0.25) is 24.2 Å². The van der Waals surface area contributed by atoms with Crippen LogP contribution in [0.4, 0.5) is 0 Å². The lowest BCUT2D eigenvalue weighted by Gasteiger charge is -2.35. The van der Waals surface area contributed by atoms with E-state index in [1.165, 1.54) is 10.5 Å². The van der Waals surface area contributed by atoms with E-state index in [0.717, 1.165) is 19.6 Å². The maximum Gasteiger partial charge on any atom is 0.242 e. The summed E-state index contributed by atoms with van der Waals surface area (Å²) in [6.07, 6.45) is 1.27. The van der Waals surface area contributed by atoms with Gasteiger partial charge in [-0.2, -0.15) is 0 Å². The van der Waals surface area contributed by atoms with E-state index in [4.69, 9.17) is 0 Å². The van der Waals surface area contributed by atoms with Gasteiger partial charge in [0, 0.05) is 42.4 Å². The third-order valence-corrected chi connectivity index (χ3v) is 9.00. The van der Waals surface area contributed by atoms with Crippen LogP contribution in [0.3, 0.4) is 0 Å². The molecule has 6 nitrogen and oxygen atoms in total. The van der Waals surface area contributed by atoms with Crippen molar-refractivity contribution in [2.45, 2.75) is 29.0 Å². The molecule has 0 bridgehead atoms. The number of halogens is 2. The lowest BCUT2D eigenvalue weighted by molar-refractivity contribution is -0.147. The Hall–Kier alpha value is -1.25. The number of fused-ring (bicyclic) bond motifs is 1. The molecule has 29 heavy (non-hydrogen) atoms. The predicted molar refractivity (Wildman–Crippen MR) is 117 cm³/mol. The predicted octanol–water partition coefficient (Wildman–Crippen LogP) is 2.25. The third kappa shape index (κ3) is 4.44. The van der Waals surface area contributed by atoms with Crippen LogP contribution >= 0.6 is 31.9 Å². The van der Waals surface area contributed by atoms with Gasteiger partial charge >= 0.3 is 0 Å². The van der Waals surface area contributed by atoms with Crippen molar-refractivity contribution in [1.29, 1.82) is 0 Å². The van der Waals surface area contributed by atoms with Crippen LogP contribution in [-0.4, -0.2) is 74.8 Å². The summed E-state index contributed by atoms with van der Waals surface area (Å²) >= 11 is 7.18. The summed E-state index contributed by atoms with van der Waals surface area (Å²) in [6, 6.07) is 10.3. The number of imide groups is 1. The SMILES string of the molecule is O=C(CN1C(=O)[C@@H]2C[C@H](Br)[C@@H](Br)C[C@H]2C1=O)N1CCN(Cc2ccccc2)CC1. The van der Waals surface area contributed by atoms with Gasteiger partial charge in [-0.15, -0.1) is 0 Å². The van der Waals surface area contributed by atoms with Crippen molar-refractivity contribution in [3.05, 3.63) is 35.9 Å². The molecule has 1 saturated carbocycles. The molecule has 4 rings (SSSR count). The largest absolute Gasteiger partial charge is 0.339 e. The average molecular weight is 527 g/mol. The molecule has 0 unspecified atom stereocenters. The van der Waals surface area contributed by atoms with E-state index in [9.17, 15) is 14.4 Å². The Kier molecular flexibility index (Phi) is 6.41. The molecule has 1 aromatic carbocycles. The zero-order valence-electron chi connectivity index (χ0n) is 16.2. The van der Waals surface area contributed by atoms with Crippen LogP contribution in [0.25, 0.3) is 0 Å². The summed E-state index contributed by atoms with van der Waals surface area (Å²) < 4.78 is 0. The molecular weight excluding hydrogens is 502 g/mol. The van der Waals surface area contributed by atoms with Crippen molar-refractivity contribution in [2.75, 3.05) is 32.7 Å². The summed E-state index contributed by atoms with van der Waals surface area (Å²) in [6.45, 7) is 3.60. The van der Waals surface area contributed by atoms with Crippen molar-refractivity contribution in [3.8, 4) is 0 Å².